The summed E-state index contributed by atoms with van der Waals surface area (Å²) in [7, 11) is 0. The molecule has 0 atom stereocenters. The maximum Gasteiger partial charge on any atom is 0.0625 e. The number of hydrogen-bond acceptors (Lipinski definition) is 2. The van der Waals surface area contributed by atoms with Gasteiger partial charge in [0.1, 0.15) is 0 Å². The Bertz CT molecular complexity index is 350. The van der Waals surface area contributed by atoms with Gasteiger partial charge < -0.3 is 5.32 Å². The Morgan fingerprint density at radius 1 is 1.25 bits per heavy atom. The lowest BCUT2D eigenvalue weighted by atomic mass is 10.0. The first-order valence-electron chi connectivity index (χ1n) is 6.13. The summed E-state index contributed by atoms with van der Waals surface area (Å²) in [6, 6.07) is 0. The van der Waals surface area contributed by atoms with Crippen molar-refractivity contribution in [2.24, 2.45) is 0 Å². The van der Waals surface area contributed by atoms with Crippen molar-refractivity contribution in [2.75, 3.05) is 6.54 Å². The summed E-state index contributed by atoms with van der Waals surface area (Å²) >= 11 is 0. The van der Waals surface area contributed by atoms with Crippen LogP contribution in [0.4, 0.5) is 0 Å². The molecule has 1 aromatic rings. The fourth-order valence-corrected chi connectivity index (χ4v) is 1.63. The third-order valence-electron chi connectivity index (χ3n) is 3.55. The zero-order valence-corrected chi connectivity index (χ0v) is 11.5. The molecule has 1 aromatic heterocycles. The predicted octanol–water partition coefficient (Wildman–Crippen LogP) is 2.59. The molecule has 1 heterocycles. The van der Waals surface area contributed by atoms with Gasteiger partial charge in [-0.2, -0.15) is 5.10 Å². The highest BCUT2D eigenvalue weighted by atomic mass is 15.3. The molecule has 0 unspecified atom stereocenters. The van der Waals surface area contributed by atoms with E-state index < -0.39 is 0 Å². The predicted molar refractivity (Wildman–Crippen MR) is 68.8 cm³/mol. The average molecular weight is 223 g/mol. The van der Waals surface area contributed by atoms with Crippen molar-refractivity contribution in [3.05, 3.63) is 17.0 Å². The van der Waals surface area contributed by atoms with E-state index in [4.69, 9.17) is 0 Å². The van der Waals surface area contributed by atoms with Gasteiger partial charge in [-0.05, 0) is 46.6 Å². The van der Waals surface area contributed by atoms with Crippen LogP contribution in [-0.2, 0) is 6.54 Å². The maximum atomic E-state index is 4.53. The Hall–Kier alpha value is -0.830. The van der Waals surface area contributed by atoms with Crippen molar-refractivity contribution in [3.8, 4) is 0 Å². The lowest BCUT2D eigenvalue weighted by molar-refractivity contribution is 0.362. The normalized spacial score (nSPS) is 12.1. The van der Waals surface area contributed by atoms with E-state index in [1.165, 1.54) is 11.3 Å². The van der Waals surface area contributed by atoms with Crippen molar-refractivity contribution in [2.45, 2.75) is 60.0 Å². The largest absolute Gasteiger partial charge is 0.310 e. The molecule has 0 bridgehead atoms. The first kappa shape index (κ1) is 13.2. The molecule has 0 radical (unpaired) electrons. The number of aryl methyl sites for hydroxylation is 1. The highest BCUT2D eigenvalue weighted by Gasteiger charge is 2.13. The van der Waals surface area contributed by atoms with Gasteiger partial charge in [-0.15, -0.1) is 0 Å². The molecule has 0 spiro atoms. The van der Waals surface area contributed by atoms with Crippen molar-refractivity contribution < 1.29 is 0 Å². The van der Waals surface area contributed by atoms with Gasteiger partial charge in [-0.3, -0.25) is 4.68 Å². The number of nitrogens with one attached hydrogen (secondary N) is 1. The van der Waals surface area contributed by atoms with Crippen molar-refractivity contribution in [1.82, 2.24) is 15.1 Å². The Labute approximate surface area is 99.2 Å². The van der Waals surface area contributed by atoms with Crippen LogP contribution in [0, 0.1) is 20.8 Å². The van der Waals surface area contributed by atoms with E-state index in [-0.39, 0.29) is 5.54 Å². The SMILES string of the molecule is CCC(C)(C)NCCn1nc(C)c(C)c1C. The monoisotopic (exact) mass is 223 g/mol. The van der Waals surface area contributed by atoms with Gasteiger partial charge in [-0.1, -0.05) is 6.92 Å². The molecule has 0 aliphatic carbocycles. The second kappa shape index (κ2) is 5.00. The fraction of sp³-hybridized carbons (Fsp3) is 0.769. The molecule has 0 aliphatic heterocycles. The molecule has 0 aliphatic rings. The second-order valence-corrected chi connectivity index (χ2v) is 5.18. The van der Waals surface area contributed by atoms with Gasteiger partial charge >= 0.3 is 0 Å². The van der Waals surface area contributed by atoms with Crippen LogP contribution in [0.1, 0.15) is 44.1 Å². The number of hydrogen-bond donors (Lipinski definition) is 1. The minimum atomic E-state index is 0.227. The number of nitrogens with zero attached hydrogens (tertiary/aromatic N) is 2. The average Bonchev–Trinajstić information content (AvgIpc) is 2.46. The molecule has 3 nitrogen and oxygen atoms in total. The first-order chi connectivity index (χ1) is 7.37. The topological polar surface area (TPSA) is 29.9 Å². The summed E-state index contributed by atoms with van der Waals surface area (Å²) in [6.07, 6.45) is 1.14. The molecular weight excluding hydrogens is 198 g/mol. The summed E-state index contributed by atoms with van der Waals surface area (Å²) in [5.74, 6) is 0. The molecule has 0 fully saturated rings. The van der Waals surface area contributed by atoms with E-state index in [9.17, 15) is 0 Å². The van der Waals surface area contributed by atoms with E-state index >= 15 is 0 Å². The minimum absolute atomic E-state index is 0.227. The Morgan fingerprint density at radius 3 is 2.31 bits per heavy atom. The zero-order chi connectivity index (χ0) is 12.3. The summed E-state index contributed by atoms with van der Waals surface area (Å²) < 4.78 is 2.10. The molecule has 1 rings (SSSR count). The summed E-state index contributed by atoms with van der Waals surface area (Å²) in [5, 5.41) is 8.08. The smallest absolute Gasteiger partial charge is 0.0625 e. The lowest BCUT2D eigenvalue weighted by Gasteiger charge is -2.24. The van der Waals surface area contributed by atoms with Crippen LogP contribution in [0.3, 0.4) is 0 Å². The van der Waals surface area contributed by atoms with Crippen LogP contribution in [0.25, 0.3) is 0 Å². The van der Waals surface area contributed by atoms with E-state index in [2.05, 4.69) is 56.6 Å². The minimum Gasteiger partial charge on any atom is -0.310 e. The standard InChI is InChI=1S/C13H25N3/c1-7-13(5,6)14-8-9-16-12(4)10(2)11(3)15-16/h14H,7-9H2,1-6H3. The van der Waals surface area contributed by atoms with Gasteiger partial charge in [0.2, 0.25) is 0 Å². The van der Waals surface area contributed by atoms with Crippen LogP contribution in [0.2, 0.25) is 0 Å². The van der Waals surface area contributed by atoms with Crippen LogP contribution in [0.15, 0.2) is 0 Å². The highest BCUT2D eigenvalue weighted by Crippen LogP contribution is 2.11. The highest BCUT2D eigenvalue weighted by molar-refractivity contribution is 5.22. The van der Waals surface area contributed by atoms with E-state index in [0.29, 0.717) is 0 Å². The second-order valence-electron chi connectivity index (χ2n) is 5.18. The third kappa shape index (κ3) is 3.08. The van der Waals surface area contributed by atoms with Crippen molar-refractivity contribution >= 4 is 0 Å². The zero-order valence-electron chi connectivity index (χ0n) is 11.5. The van der Waals surface area contributed by atoms with Crippen molar-refractivity contribution in [3.63, 3.8) is 0 Å². The van der Waals surface area contributed by atoms with Crippen LogP contribution in [-0.4, -0.2) is 21.9 Å². The van der Waals surface area contributed by atoms with Gasteiger partial charge in [-0.25, -0.2) is 0 Å². The third-order valence-corrected chi connectivity index (χ3v) is 3.55. The van der Waals surface area contributed by atoms with Crippen LogP contribution >= 0.6 is 0 Å². The van der Waals surface area contributed by atoms with Gasteiger partial charge in [0.15, 0.2) is 0 Å². The van der Waals surface area contributed by atoms with Gasteiger partial charge in [0.05, 0.1) is 12.2 Å². The molecule has 0 saturated heterocycles. The molecule has 16 heavy (non-hydrogen) atoms. The van der Waals surface area contributed by atoms with Crippen LogP contribution in [0.5, 0.6) is 0 Å². The lowest BCUT2D eigenvalue weighted by Crippen LogP contribution is -2.40. The van der Waals surface area contributed by atoms with Gasteiger partial charge in [0.25, 0.3) is 0 Å². The van der Waals surface area contributed by atoms with Crippen LogP contribution < -0.4 is 5.32 Å². The number of rotatable bonds is 5. The summed E-state index contributed by atoms with van der Waals surface area (Å²) in [6.45, 7) is 15.0. The number of aromatic nitrogens is 2. The molecule has 92 valence electrons. The van der Waals surface area contributed by atoms with E-state index in [0.717, 1.165) is 25.2 Å². The molecule has 0 saturated carbocycles. The molecule has 0 aromatic carbocycles. The summed E-state index contributed by atoms with van der Waals surface area (Å²) in [5.41, 5.74) is 3.97. The Kier molecular flexibility index (Phi) is 4.14. The quantitative estimate of drug-likeness (QED) is 0.831. The Balaban J connectivity index is 2.53. The fourth-order valence-electron chi connectivity index (χ4n) is 1.63. The summed E-state index contributed by atoms with van der Waals surface area (Å²) in [4.78, 5) is 0. The van der Waals surface area contributed by atoms with Crippen molar-refractivity contribution in [1.29, 1.82) is 0 Å². The molecular formula is C13H25N3. The first-order valence-corrected chi connectivity index (χ1v) is 6.13. The van der Waals surface area contributed by atoms with E-state index in [1.54, 1.807) is 0 Å². The molecule has 0 amide bonds. The maximum absolute atomic E-state index is 4.53. The molecule has 1 N–H and O–H groups in total. The molecule has 3 heteroatoms. The Morgan fingerprint density at radius 2 is 1.88 bits per heavy atom. The van der Waals surface area contributed by atoms with Gasteiger partial charge in [0, 0.05) is 17.8 Å². The van der Waals surface area contributed by atoms with E-state index in [1.807, 2.05) is 0 Å².